The van der Waals surface area contributed by atoms with Crippen molar-refractivity contribution in [1.82, 2.24) is 15.0 Å². The van der Waals surface area contributed by atoms with Gasteiger partial charge in [-0.3, -0.25) is 0 Å². The quantitative estimate of drug-likeness (QED) is 0.801. The average Bonchev–Trinajstić information content (AvgIpc) is 2.89. The Morgan fingerprint density at radius 2 is 1.76 bits per heavy atom. The normalized spacial score (nSPS) is 10.6. The molecule has 0 saturated heterocycles. The Labute approximate surface area is 123 Å². The van der Waals surface area contributed by atoms with Gasteiger partial charge in [-0.1, -0.05) is 35.0 Å². The zero-order valence-corrected chi connectivity index (χ0v) is 11.9. The highest BCUT2D eigenvalue weighted by Gasteiger charge is 2.16. The van der Waals surface area contributed by atoms with Crippen LogP contribution in [-0.2, 0) is 0 Å². The highest BCUT2D eigenvalue weighted by molar-refractivity contribution is 5.75. The fourth-order valence-electron chi connectivity index (χ4n) is 2.20. The lowest BCUT2D eigenvalue weighted by Crippen LogP contribution is -2.02. The van der Waals surface area contributed by atoms with Crippen molar-refractivity contribution in [3.8, 4) is 22.7 Å². The van der Waals surface area contributed by atoms with Gasteiger partial charge in [0.05, 0.1) is 12.8 Å². The Bertz CT molecular complexity index is 762. The number of ether oxygens (including phenoxy) is 1. The molecule has 0 bridgehead atoms. The maximum atomic E-state index is 6.21. The van der Waals surface area contributed by atoms with Crippen LogP contribution in [0.2, 0.25) is 0 Å². The first-order chi connectivity index (χ1) is 10.2. The zero-order chi connectivity index (χ0) is 14.8. The van der Waals surface area contributed by atoms with Crippen LogP contribution in [0.5, 0.6) is 5.75 Å². The molecule has 3 rings (SSSR count). The van der Waals surface area contributed by atoms with E-state index in [4.69, 9.17) is 10.5 Å². The number of methoxy groups -OCH3 is 1. The predicted molar refractivity (Wildman–Crippen MR) is 82.5 cm³/mol. The number of rotatable bonds is 3. The number of para-hydroxylation sites is 1. The summed E-state index contributed by atoms with van der Waals surface area (Å²) in [5.41, 5.74) is 9.72. The lowest BCUT2D eigenvalue weighted by molar-refractivity contribution is 0.416. The number of aromatic nitrogens is 3. The summed E-state index contributed by atoms with van der Waals surface area (Å²) >= 11 is 0. The molecule has 0 amide bonds. The van der Waals surface area contributed by atoms with Crippen molar-refractivity contribution in [3.63, 3.8) is 0 Å². The summed E-state index contributed by atoms with van der Waals surface area (Å²) in [6.07, 6.45) is 0. The number of nitrogen functional groups attached to an aromatic ring is 1. The maximum absolute atomic E-state index is 6.21. The van der Waals surface area contributed by atoms with E-state index in [9.17, 15) is 0 Å². The SMILES string of the molecule is COc1ccccc1-c1nnn(-c2ccc(C)cc2)c1N. The number of nitrogens with two attached hydrogens (primary N) is 1. The Kier molecular flexibility index (Phi) is 3.31. The Balaban J connectivity index is 2.09. The summed E-state index contributed by atoms with van der Waals surface area (Å²) in [6, 6.07) is 15.6. The molecule has 106 valence electrons. The molecule has 0 aliphatic rings. The van der Waals surface area contributed by atoms with E-state index in [2.05, 4.69) is 10.3 Å². The van der Waals surface area contributed by atoms with Crippen molar-refractivity contribution in [2.45, 2.75) is 6.92 Å². The minimum absolute atomic E-state index is 0.489. The second kappa shape index (κ2) is 5.28. The van der Waals surface area contributed by atoms with E-state index in [0.29, 0.717) is 11.5 Å². The summed E-state index contributed by atoms with van der Waals surface area (Å²) in [5.74, 6) is 1.21. The molecule has 5 heteroatoms. The molecule has 1 aromatic heterocycles. The van der Waals surface area contributed by atoms with Gasteiger partial charge in [0.25, 0.3) is 0 Å². The topological polar surface area (TPSA) is 66.0 Å². The van der Waals surface area contributed by atoms with E-state index < -0.39 is 0 Å². The minimum atomic E-state index is 0.489. The van der Waals surface area contributed by atoms with Gasteiger partial charge in [0.15, 0.2) is 5.82 Å². The third-order valence-electron chi connectivity index (χ3n) is 3.35. The Morgan fingerprint density at radius 1 is 1.05 bits per heavy atom. The number of hydrogen-bond donors (Lipinski definition) is 1. The molecule has 2 N–H and O–H groups in total. The van der Waals surface area contributed by atoms with Crippen molar-refractivity contribution in [3.05, 3.63) is 54.1 Å². The number of aryl methyl sites for hydroxylation is 1. The van der Waals surface area contributed by atoms with Crippen LogP contribution in [0.4, 0.5) is 5.82 Å². The molecular formula is C16H16N4O. The highest BCUT2D eigenvalue weighted by atomic mass is 16.5. The third kappa shape index (κ3) is 2.33. The number of hydrogen-bond acceptors (Lipinski definition) is 4. The van der Waals surface area contributed by atoms with Gasteiger partial charge in [0, 0.05) is 5.56 Å². The van der Waals surface area contributed by atoms with Crippen LogP contribution in [-0.4, -0.2) is 22.1 Å². The molecule has 0 unspecified atom stereocenters. The first-order valence-corrected chi connectivity index (χ1v) is 6.62. The first-order valence-electron chi connectivity index (χ1n) is 6.62. The maximum Gasteiger partial charge on any atom is 0.156 e. The second-order valence-corrected chi connectivity index (χ2v) is 4.77. The van der Waals surface area contributed by atoms with Crippen molar-refractivity contribution >= 4 is 5.82 Å². The molecule has 0 radical (unpaired) electrons. The van der Waals surface area contributed by atoms with Gasteiger partial charge in [-0.05, 0) is 31.2 Å². The highest BCUT2D eigenvalue weighted by Crippen LogP contribution is 2.32. The molecule has 5 nitrogen and oxygen atoms in total. The first kappa shape index (κ1) is 13.2. The van der Waals surface area contributed by atoms with Gasteiger partial charge >= 0.3 is 0 Å². The van der Waals surface area contributed by atoms with E-state index in [-0.39, 0.29) is 0 Å². The van der Waals surface area contributed by atoms with Crippen molar-refractivity contribution in [1.29, 1.82) is 0 Å². The van der Waals surface area contributed by atoms with Gasteiger partial charge in [-0.15, -0.1) is 5.10 Å². The summed E-state index contributed by atoms with van der Waals surface area (Å²) in [4.78, 5) is 0. The zero-order valence-electron chi connectivity index (χ0n) is 11.9. The number of anilines is 1. The fourth-order valence-corrected chi connectivity index (χ4v) is 2.20. The van der Waals surface area contributed by atoms with Crippen LogP contribution in [0, 0.1) is 6.92 Å². The van der Waals surface area contributed by atoms with Gasteiger partial charge in [0.1, 0.15) is 11.4 Å². The van der Waals surface area contributed by atoms with E-state index in [1.165, 1.54) is 5.56 Å². The molecule has 0 aliphatic carbocycles. The lowest BCUT2D eigenvalue weighted by atomic mass is 10.1. The van der Waals surface area contributed by atoms with Crippen LogP contribution in [0.15, 0.2) is 48.5 Å². The molecule has 0 aliphatic heterocycles. The molecule has 0 saturated carbocycles. The molecule has 0 atom stereocenters. The van der Waals surface area contributed by atoms with Crippen molar-refractivity contribution < 1.29 is 4.74 Å². The molecule has 0 fully saturated rings. The van der Waals surface area contributed by atoms with Crippen LogP contribution >= 0.6 is 0 Å². The van der Waals surface area contributed by atoms with E-state index in [0.717, 1.165) is 17.0 Å². The molecule has 2 aromatic carbocycles. The minimum Gasteiger partial charge on any atom is -0.496 e. The molecular weight excluding hydrogens is 264 g/mol. The fraction of sp³-hybridized carbons (Fsp3) is 0.125. The number of nitrogens with zero attached hydrogens (tertiary/aromatic N) is 3. The monoisotopic (exact) mass is 280 g/mol. The Hall–Kier alpha value is -2.82. The van der Waals surface area contributed by atoms with Crippen molar-refractivity contribution in [2.75, 3.05) is 12.8 Å². The lowest BCUT2D eigenvalue weighted by Gasteiger charge is -2.07. The molecule has 0 spiro atoms. The van der Waals surface area contributed by atoms with Gasteiger partial charge < -0.3 is 10.5 Å². The summed E-state index contributed by atoms with van der Waals surface area (Å²) < 4.78 is 6.98. The Morgan fingerprint density at radius 3 is 2.48 bits per heavy atom. The summed E-state index contributed by atoms with van der Waals surface area (Å²) in [7, 11) is 1.62. The van der Waals surface area contributed by atoms with E-state index in [1.807, 2.05) is 55.5 Å². The second-order valence-electron chi connectivity index (χ2n) is 4.77. The molecule has 1 heterocycles. The summed E-state index contributed by atoms with van der Waals surface area (Å²) in [6.45, 7) is 2.04. The van der Waals surface area contributed by atoms with Gasteiger partial charge in [-0.2, -0.15) is 4.68 Å². The van der Waals surface area contributed by atoms with E-state index >= 15 is 0 Å². The average molecular weight is 280 g/mol. The van der Waals surface area contributed by atoms with Crippen LogP contribution in [0.3, 0.4) is 0 Å². The van der Waals surface area contributed by atoms with Gasteiger partial charge in [-0.25, -0.2) is 0 Å². The number of benzene rings is 2. The standard InChI is InChI=1S/C16H16N4O/c1-11-7-9-12(10-8-11)20-16(17)15(18-19-20)13-5-3-4-6-14(13)21-2/h3-10H,17H2,1-2H3. The molecule has 3 aromatic rings. The van der Waals surface area contributed by atoms with E-state index in [1.54, 1.807) is 11.8 Å². The van der Waals surface area contributed by atoms with Crippen LogP contribution in [0.1, 0.15) is 5.56 Å². The van der Waals surface area contributed by atoms with Gasteiger partial charge in [0.2, 0.25) is 0 Å². The van der Waals surface area contributed by atoms with Crippen LogP contribution < -0.4 is 10.5 Å². The summed E-state index contributed by atoms with van der Waals surface area (Å²) in [5, 5.41) is 8.35. The predicted octanol–water partition coefficient (Wildman–Crippen LogP) is 2.83. The smallest absolute Gasteiger partial charge is 0.156 e. The van der Waals surface area contributed by atoms with Crippen LogP contribution in [0.25, 0.3) is 16.9 Å². The van der Waals surface area contributed by atoms with Crippen molar-refractivity contribution in [2.24, 2.45) is 0 Å². The third-order valence-corrected chi connectivity index (χ3v) is 3.35. The molecule has 21 heavy (non-hydrogen) atoms. The largest absolute Gasteiger partial charge is 0.496 e.